The predicted octanol–water partition coefficient (Wildman–Crippen LogP) is 4.65. The highest BCUT2D eigenvalue weighted by atomic mass is 19.2. The lowest BCUT2D eigenvalue weighted by molar-refractivity contribution is -0.118. The van der Waals surface area contributed by atoms with Crippen LogP contribution in [0.15, 0.2) is 42.5 Å². The fourth-order valence-electron chi connectivity index (χ4n) is 2.44. The standard InChI is InChI=1S/C18H18F3NO/c1-3-22(15-8-9-16(20)17(21)11-15)18(23)10-12(2)13-4-6-14(19)7-5-13/h4-9,11-12H,3,10H2,1-2H3. The molecule has 0 bridgehead atoms. The first-order chi connectivity index (χ1) is 10.9. The van der Waals surface area contributed by atoms with E-state index in [0.29, 0.717) is 12.2 Å². The summed E-state index contributed by atoms with van der Waals surface area (Å²) in [5.41, 5.74) is 1.17. The summed E-state index contributed by atoms with van der Waals surface area (Å²) in [5, 5.41) is 0. The SMILES string of the molecule is CCN(C(=O)CC(C)c1ccc(F)cc1)c1ccc(F)c(F)c1. The van der Waals surface area contributed by atoms with Gasteiger partial charge in [0.2, 0.25) is 5.91 Å². The molecule has 23 heavy (non-hydrogen) atoms. The first-order valence-corrected chi connectivity index (χ1v) is 7.43. The van der Waals surface area contributed by atoms with Crippen molar-refractivity contribution in [3.05, 3.63) is 65.5 Å². The minimum absolute atomic E-state index is 0.109. The van der Waals surface area contributed by atoms with Crippen LogP contribution in [-0.2, 0) is 4.79 Å². The Labute approximate surface area is 133 Å². The number of rotatable bonds is 5. The summed E-state index contributed by atoms with van der Waals surface area (Å²) in [6.45, 7) is 3.98. The van der Waals surface area contributed by atoms with Gasteiger partial charge in [0.05, 0.1) is 0 Å². The molecule has 1 amide bonds. The van der Waals surface area contributed by atoms with Crippen molar-refractivity contribution < 1.29 is 18.0 Å². The van der Waals surface area contributed by atoms with E-state index in [1.807, 2.05) is 6.92 Å². The number of carbonyl (C=O) groups excluding carboxylic acids is 1. The number of anilines is 1. The molecular formula is C18H18F3NO. The molecule has 0 fully saturated rings. The molecule has 1 atom stereocenters. The second-order valence-electron chi connectivity index (χ2n) is 5.39. The summed E-state index contributed by atoms with van der Waals surface area (Å²) in [7, 11) is 0. The zero-order chi connectivity index (χ0) is 17.0. The molecule has 122 valence electrons. The van der Waals surface area contributed by atoms with Gasteiger partial charge in [0.15, 0.2) is 11.6 Å². The predicted molar refractivity (Wildman–Crippen MR) is 83.8 cm³/mol. The van der Waals surface area contributed by atoms with E-state index in [0.717, 1.165) is 17.7 Å². The quantitative estimate of drug-likeness (QED) is 0.785. The van der Waals surface area contributed by atoms with Crippen molar-refractivity contribution >= 4 is 11.6 Å². The second-order valence-corrected chi connectivity index (χ2v) is 5.39. The molecule has 2 rings (SSSR count). The van der Waals surface area contributed by atoms with Crippen molar-refractivity contribution in [3.63, 3.8) is 0 Å². The Bertz CT molecular complexity index is 685. The van der Waals surface area contributed by atoms with Crippen LogP contribution in [0.4, 0.5) is 18.9 Å². The summed E-state index contributed by atoms with van der Waals surface area (Å²) in [6.07, 6.45) is 0.193. The molecule has 0 aliphatic heterocycles. The largest absolute Gasteiger partial charge is 0.313 e. The van der Waals surface area contributed by atoms with Crippen molar-refractivity contribution in [2.24, 2.45) is 0 Å². The maximum absolute atomic E-state index is 13.4. The maximum atomic E-state index is 13.4. The molecule has 0 N–H and O–H groups in total. The lowest BCUT2D eigenvalue weighted by atomic mass is 9.97. The van der Waals surface area contributed by atoms with Gasteiger partial charge >= 0.3 is 0 Å². The molecular weight excluding hydrogens is 303 g/mol. The van der Waals surface area contributed by atoms with Crippen molar-refractivity contribution in [2.45, 2.75) is 26.2 Å². The Morgan fingerprint density at radius 2 is 1.70 bits per heavy atom. The normalized spacial score (nSPS) is 12.0. The van der Waals surface area contributed by atoms with Gasteiger partial charge in [0.25, 0.3) is 0 Å². The van der Waals surface area contributed by atoms with Crippen molar-refractivity contribution in [3.8, 4) is 0 Å². The average Bonchev–Trinajstić information content (AvgIpc) is 2.52. The first kappa shape index (κ1) is 17.1. The highest BCUT2D eigenvalue weighted by Gasteiger charge is 2.19. The molecule has 2 aromatic carbocycles. The molecule has 0 spiro atoms. The van der Waals surface area contributed by atoms with Crippen molar-refractivity contribution in [1.29, 1.82) is 0 Å². The van der Waals surface area contributed by atoms with Crippen LogP contribution in [0.1, 0.15) is 31.7 Å². The number of benzene rings is 2. The van der Waals surface area contributed by atoms with Crippen LogP contribution in [-0.4, -0.2) is 12.5 Å². The molecule has 0 radical (unpaired) electrons. The molecule has 2 nitrogen and oxygen atoms in total. The number of halogens is 3. The van der Waals surface area contributed by atoms with Crippen molar-refractivity contribution in [2.75, 3.05) is 11.4 Å². The van der Waals surface area contributed by atoms with Crippen LogP contribution >= 0.6 is 0 Å². The number of nitrogens with zero attached hydrogens (tertiary/aromatic N) is 1. The van der Waals surface area contributed by atoms with Crippen LogP contribution in [0.2, 0.25) is 0 Å². The number of amides is 1. The van der Waals surface area contributed by atoms with Gasteiger partial charge in [-0.1, -0.05) is 19.1 Å². The second kappa shape index (κ2) is 7.31. The van der Waals surface area contributed by atoms with E-state index in [4.69, 9.17) is 0 Å². The summed E-state index contributed by atoms with van der Waals surface area (Å²) >= 11 is 0. The Kier molecular flexibility index (Phi) is 5.42. The highest BCUT2D eigenvalue weighted by molar-refractivity contribution is 5.93. The fraction of sp³-hybridized carbons (Fsp3) is 0.278. The zero-order valence-electron chi connectivity index (χ0n) is 13.0. The number of hydrogen-bond acceptors (Lipinski definition) is 1. The molecule has 0 heterocycles. The smallest absolute Gasteiger partial charge is 0.227 e. The van der Waals surface area contributed by atoms with E-state index in [9.17, 15) is 18.0 Å². The fourth-order valence-corrected chi connectivity index (χ4v) is 2.44. The molecule has 5 heteroatoms. The van der Waals surface area contributed by atoms with Crippen LogP contribution < -0.4 is 4.90 Å². The first-order valence-electron chi connectivity index (χ1n) is 7.43. The Morgan fingerprint density at radius 3 is 2.26 bits per heavy atom. The van der Waals surface area contributed by atoms with Gasteiger partial charge in [-0.2, -0.15) is 0 Å². The third-order valence-corrected chi connectivity index (χ3v) is 3.75. The van der Waals surface area contributed by atoms with E-state index in [1.54, 1.807) is 19.1 Å². The minimum Gasteiger partial charge on any atom is -0.313 e. The molecule has 0 saturated carbocycles. The highest BCUT2D eigenvalue weighted by Crippen LogP contribution is 2.24. The Hall–Kier alpha value is -2.30. The van der Waals surface area contributed by atoms with Gasteiger partial charge in [0, 0.05) is 24.7 Å². The summed E-state index contributed by atoms with van der Waals surface area (Å²) in [6, 6.07) is 9.38. The zero-order valence-corrected chi connectivity index (χ0v) is 13.0. The van der Waals surface area contributed by atoms with Crippen LogP contribution in [0.25, 0.3) is 0 Å². The lowest BCUT2D eigenvalue weighted by Crippen LogP contribution is -2.31. The Morgan fingerprint density at radius 1 is 1.04 bits per heavy atom. The molecule has 0 saturated heterocycles. The number of carbonyl (C=O) groups is 1. The van der Waals surface area contributed by atoms with E-state index in [1.165, 1.54) is 23.1 Å². The summed E-state index contributed by atoms with van der Waals surface area (Å²) in [5.74, 6) is -2.57. The van der Waals surface area contributed by atoms with Crippen LogP contribution in [0, 0.1) is 17.5 Å². The molecule has 0 aromatic heterocycles. The van der Waals surface area contributed by atoms with E-state index in [-0.39, 0.29) is 24.1 Å². The van der Waals surface area contributed by atoms with Gasteiger partial charge in [-0.3, -0.25) is 4.79 Å². The molecule has 0 aliphatic rings. The van der Waals surface area contributed by atoms with Gasteiger partial charge in [-0.25, -0.2) is 13.2 Å². The topological polar surface area (TPSA) is 20.3 Å². The Balaban J connectivity index is 2.13. The monoisotopic (exact) mass is 321 g/mol. The minimum atomic E-state index is -0.986. The van der Waals surface area contributed by atoms with E-state index in [2.05, 4.69) is 0 Å². The van der Waals surface area contributed by atoms with Crippen LogP contribution in [0.5, 0.6) is 0 Å². The van der Waals surface area contributed by atoms with E-state index < -0.39 is 11.6 Å². The van der Waals surface area contributed by atoms with Crippen molar-refractivity contribution in [1.82, 2.24) is 0 Å². The van der Waals surface area contributed by atoms with Gasteiger partial charge in [0.1, 0.15) is 5.82 Å². The van der Waals surface area contributed by atoms with Gasteiger partial charge < -0.3 is 4.90 Å². The van der Waals surface area contributed by atoms with Gasteiger partial charge in [-0.15, -0.1) is 0 Å². The average molecular weight is 321 g/mol. The van der Waals surface area contributed by atoms with Crippen LogP contribution in [0.3, 0.4) is 0 Å². The summed E-state index contributed by atoms with van der Waals surface area (Å²) in [4.78, 5) is 13.9. The van der Waals surface area contributed by atoms with E-state index >= 15 is 0 Å². The molecule has 0 aliphatic carbocycles. The third-order valence-electron chi connectivity index (χ3n) is 3.75. The molecule has 2 aromatic rings. The molecule has 1 unspecified atom stereocenters. The summed E-state index contributed by atoms with van der Waals surface area (Å²) < 4.78 is 39.3. The number of hydrogen-bond donors (Lipinski definition) is 0. The maximum Gasteiger partial charge on any atom is 0.227 e. The lowest BCUT2D eigenvalue weighted by Gasteiger charge is -2.23. The third kappa shape index (κ3) is 4.12. The van der Waals surface area contributed by atoms with Gasteiger partial charge in [-0.05, 0) is 42.7 Å².